The van der Waals surface area contributed by atoms with E-state index in [-0.39, 0.29) is 0 Å². The van der Waals surface area contributed by atoms with Crippen LogP contribution in [-0.4, -0.2) is 11.6 Å². The van der Waals surface area contributed by atoms with E-state index in [4.69, 9.17) is 21.1 Å². The Morgan fingerprint density at radius 2 is 1.52 bits per heavy atom. The first kappa shape index (κ1) is 16.1. The number of rotatable bonds is 4. The van der Waals surface area contributed by atoms with Crippen LogP contribution in [0.5, 0.6) is 11.5 Å². The second-order valence-corrected chi connectivity index (χ2v) is 6.59. The predicted octanol–water partition coefficient (Wildman–Crippen LogP) is 4.71. The predicted molar refractivity (Wildman–Crippen MR) is 91.0 cm³/mol. The molecule has 0 aliphatic rings. The normalized spacial score (nSPS) is 11.0. The molecule has 0 aromatic heterocycles. The minimum Gasteiger partial charge on any atom is -0.476 e. The fourth-order valence-corrected chi connectivity index (χ4v) is 2.06. The fraction of sp³-hybridized carbons (Fsp3) is 0.188. The largest absolute Gasteiger partial charge is 0.476 e. The second-order valence-electron chi connectivity index (χ2n) is 4.91. The molecule has 0 aliphatic carbocycles. The lowest BCUT2D eigenvalue weighted by Gasteiger charge is -2.24. The van der Waals surface area contributed by atoms with Gasteiger partial charge >= 0.3 is 5.97 Å². The van der Waals surface area contributed by atoms with Crippen LogP contribution in [0.3, 0.4) is 0 Å². The highest BCUT2D eigenvalue weighted by Gasteiger charge is 2.32. The van der Waals surface area contributed by atoms with Gasteiger partial charge in [-0.3, -0.25) is 0 Å². The quantitative estimate of drug-likeness (QED) is 0.411. The van der Waals surface area contributed by atoms with E-state index < -0.39 is 11.6 Å². The summed E-state index contributed by atoms with van der Waals surface area (Å²) in [6.45, 7) is 3.33. The van der Waals surface area contributed by atoms with Crippen molar-refractivity contribution in [1.29, 1.82) is 0 Å². The van der Waals surface area contributed by atoms with Crippen LogP contribution >= 0.6 is 34.2 Å². The summed E-state index contributed by atoms with van der Waals surface area (Å²) in [7, 11) is 0. The third-order valence-electron chi connectivity index (χ3n) is 2.70. The van der Waals surface area contributed by atoms with Crippen molar-refractivity contribution in [3.8, 4) is 11.5 Å². The molecule has 0 unspecified atom stereocenters. The molecule has 0 saturated carbocycles. The summed E-state index contributed by atoms with van der Waals surface area (Å²) in [6.07, 6.45) is 0. The van der Waals surface area contributed by atoms with Crippen molar-refractivity contribution >= 4 is 40.2 Å². The molecule has 0 bridgehead atoms. The minimum atomic E-state index is -1.10. The molecule has 0 N–H and O–H groups in total. The first-order valence-electron chi connectivity index (χ1n) is 6.29. The maximum atomic E-state index is 12.2. The maximum Gasteiger partial charge on any atom is 0.355 e. The molecule has 0 radical (unpaired) electrons. The SMILES string of the molecule is CC(C)(Oc1ccc(Cl)cc1)C(=O)Oc1ccc(I)cc1. The van der Waals surface area contributed by atoms with E-state index in [9.17, 15) is 4.79 Å². The number of ether oxygens (including phenoxy) is 2. The Bertz CT molecular complexity index is 621. The molecule has 110 valence electrons. The summed E-state index contributed by atoms with van der Waals surface area (Å²) in [5.41, 5.74) is -1.10. The van der Waals surface area contributed by atoms with E-state index in [2.05, 4.69) is 22.6 Å². The van der Waals surface area contributed by atoms with Crippen molar-refractivity contribution in [3.05, 3.63) is 57.1 Å². The average Bonchev–Trinajstić information content (AvgIpc) is 2.43. The van der Waals surface area contributed by atoms with Crippen molar-refractivity contribution < 1.29 is 14.3 Å². The molecule has 21 heavy (non-hydrogen) atoms. The summed E-state index contributed by atoms with van der Waals surface area (Å²) < 4.78 is 12.1. The molecule has 0 saturated heterocycles. The Morgan fingerprint density at radius 1 is 1.00 bits per heavy atom. The van der Waals surface area contributed by atoms with Gasteiger partial charge in [-0.1, -0.05) is 11.6 Å². The van der Waals surface area contributed by atoms with Crippen molar-refractivity contribution in [2.24, 2.45) is 0 Å². The molecule has 2 aromatic rings. The molecule has 2 rings (SSSR count). The molecule has 3 nitrogen and oxygen atoms in total. The molecule has 0 spiro atoms. The third kappa shape index (κ3) is 4.61. The molecule has 0 amide bonds. The number of halogens is 2. The molecule has 0 aliphatic heterocycles. The van der Waals surface area contributed by atoms with Gasteiger partial charge in [-0.05, 0) is 85.0 Å². The number of esters is 1. The van der Waals surface area contributed by atoms with E-state index in [1.807, 2.05) is 12.1 Å². The molecule has 5 heteroatoms. The lowest BCUT2D eigenvalue weighted by atomic mass is 10.1. The number of hydrogen-bond donors (Lipinski definition) is 0. The molecule has 0 atom stereocenters. The van der Waals surface area contributed by atoms with Crippen LogP contribution in [0.2, 0.25) is 5.02 Å². The lowest BCUT2D eigenvalue weighted by molar-refractivity contribution is -0.149. The summed E-state index contributed by atoms with van der Waals surface area (Å²) in [5, 5.41) is 0.613. The fourth-order valence-electron chi connectivity index (χ4n) is 1.57. The van der Waals surface area contributed by atoms with Gasteiger partial charge < -0.3 is 9.47 Å². The Kier molecular flexibility index (Phi) is 5.11. The van der Waals surface area contributed by atoms with Crippen LogP contribution in [0, 0.1) is 3.57 Å². The standard InChI is InChI=1S/C16H14ClIO3/c1-16(2,21-14-7-3-11(17)4-8-14)15(19)20-13-9-5-12(18)6-10-13/h3-10H,1-2H3. The third-order valence-corrected chi connectivity index (χ3v) is 3.67. The van der Waals surface area contributed by atoms with Crippen LogP contribution in [0.25, 0.3) is 0 Å². The molecular formula is C16H14ClIO3. The van der Waals surface area contributed by atoms with Crippen LogP contribution in [0.4, 0.5) is 0 Å². The van der Waals surface area contributed by atoms with E-state index in [1.165, 1.54) is 0 Å². The van der Waals surface area contributed by atoms with Crippen molar-refractivity contribution in [2.75, 3.05) is 0 Å². The summed E-state index contributed by atoms with van der Waals surface area (Å²) in [5.74, 6) is 0.593. The van der Waals surface area contributed by atoms with Crippen LogP contribution in [0.15, 0.2) is 48.5 Å². The zero-order valence-electron chi connectivity index (χ0n) is 11.6. The molecule has 0 fully saturated rings. The van der Waals surface area contributed by atoms with E-state index >= 15 is 0 Å². The van der Waals surface area contributed by atoms with Gasteiger partial charge in [0.1, 0.15) is 11.5 Å². The number of carbonyl (C=O) groups excluding carboxylic acids is 1. The highest BCUT2D eigenvalue weighted by atomic mass is 127. The summed E-state index contributed by atoms with van der Waals surface area (Å²) in [6, 6.07) is 14.1. The van der Waals surface area contributed by atoms with Gasteiger partial charge in [0.2, 0.25) is 5.60 Å². The van der Waals surface area contributed by atoms with Gasteiger partial charge in [0.25, 0.3) is 0 Å². The monoisotopic (exact) mass is 416 g/mol. The van der Waals surface area contributed by atoms with Gasteiger partial charge in [0.05, 0.1) is 0 Å². The van der Waals surface area contributed by atoms with E-state index in [0.29, 0.717) is 16.5 Å². The maximum absolute atomic E-state index is 12.2. The van der Waals surface area contributed by atoms with Crippen molar-refractivity contribution in [1.82, 2.24) is 0 Å². The summed E-state index contributed by atoms with van der Waals surface area (Å²) >= 11 is 8.01. The zero-order chi connectivity index (χ0) is 15.5. The molecular weight excluding hydrogens is 403 g/mol. The van der Waals surface area contributed by atoms with Crippen LogP contribution in [-0.2, 0) is 4.79 Å². The Balaban J connectivity index is 2.05. The number of benzene rings is 2. The zero-order valence-corrected chi connectivity index (χ0v) is 14.5. The van der Waals surface area contributed by atoms with Gasteiger partial charge in [-0.25, -0.2) is 4.79 Å². The molecule has 0 heterocycles. The van der Waals surface area contributed by atoms with Crippen LogP contribution in [0.1, 0.15) is 13.8 Å². The van der Waals surface area contributed by atoms with Gasteiger partial charge in [0, 0.05) is 8.59 Å². The highest BCUT2D eigenvalue weighted by Crippen LogP contribution is 2.23. The van der Waals surface area contributed by atoms with Gasteiger partial charge in [-0.15, -0.1) is 0 Å². The Morgan fingerprint density at radius 3 is 2.10 bits per heavy atom. The van der Waals surface area contributed by atoms with Gasteiger partial charge in [0.15, 0.2) is 0 Å². The number of carbonyl (C=O) groups is 1. The lowest BCUT2D eigenvalue weighted by Crippen LogP contribution is -2.41. The summed E-state index contributed by atoms with van der Waals surface area (Å²) in [4.78, 5) is 12.2. The smallest absolute Gasteiger partial charge is 0.355 e. The Labute approximate surface area is 142 Å². The van der Waals surface area contributed by atoms with Gasteiger partial charge in [-0.2, -0.15) is 0 Å². The average molecular weight is 417 g/mol. The first-order chi connectivity index (χ1) is 9.87. The van der Waals surface area contributed by atoms with E-state index in [0.717, 1.165) is 3.57 Å². The van der Waals surface area contributed by atoms with Crippen LogP contribution < -0.4 is 9.47 Å². The van der Waals surface area contributed by atoms with E-state index in [1.54, 1.807) is 50.2 Å². The minimum absolute atomic E-state index is 0.460. The number of hydrogen-bond acceptors (Lipinski definition) is 3. The topological polar surface area (TPSA) is 35.5 Å². The van der Waals surface area contributed by atoms with Crippen molar-refractivity contribution in [3.63, 3.8) is 0 Å². The highest BCUT2D eigenvalue weighted by molar-refractivity contribution is 14.1. The second kappa shape index (κ2) is 6.66. The van der Waals surface area contributed by atoms with Crippen molar-refractivity contribution in [2.45, 2.75) is 19.4 Å². The molecule has 2 aromatic carbocycles. The Hall–Kier alpha value is -1.27. The first-order valence-corrected chi connectivity index (χ1v) is 7.75.